The van der Waals surface area contributed by atoms with Crippen molar-refractivity contribution in [2.24, 2.45) is 28.9 Å². The van der Waals surface area contributed by atoms with Gasteiger partial charge in [0.15, 0.2) is 0 Å². The molecule has 4 aliphatic carbocycles. The molecule has 0 spiro atoms. The van der Waals surface area contributed by atoms with Crippen molar-refractivity contribution in [2.45, 2.75) is 51.3 Å². The summed E-state index contributed by atoms with van der Waals surface area (Å²) in [6, 6.07) is 9.06. The maximum absolute atomic E-state index is 12.7. The molecule has 5 atom stereocenters. The van der Waals surface area contributed by atoms with E-state index in [0.29, 0.717) is 40.8 Å². The number of nitriles is 1. The van der Waals surface area contributed by atoms with E-state index >= 15 is 0 Å². The van der Waals surface area contributed by atoms with Gasteiger partial charge in [-0.05, 0) is 61.3 Å². The monoisotopic (exact) mass is 454 g/mol. The highest BCUT2D eigenvalue weighted by Crippen LogP contribution is 2.59. The van der Waals surface area contributed by atoms with Gasteiger partial charge in [-0.25, -0.2) is 4.98 Å². The maximum atomic E-state index is 12.7. The second-order valence-electron chi connectivity index (χ2n) is 9.81. The van der Waals surface area contributed by atoms with Gasteiger partial charge < -0.3 is 21.1 Å². The lowest BCUT2D eigenvalue weighted by atomic mass is 9.48. The lowest BCUT2D eigenvalue weighted by Crippen LogP contribution is -2.58. The summed E-state index contributed by atoms with van der Waals surface area (Å²) in [5.41, 5.74) is 7.62. The van der Waals surface area contributed by atoms with Gasteiger partial charge in [0.2, 0.25) is 5.95 Å². The van der Waals surface area contributed by atoms with E-state index < -0.39 is 6.61 Å². The molecule has 33 heavy (non-hydrogen) atoms. The van der Waals surface area contributed by atoms with E-state index in [2.05, 4.69) is 31.4 Å². The number of hydrogen-bond donors (Lipinski definition) is 3. The lowest BCUT2D eigenvalue weighted by Gasteiger charge is -2.59. The Morgan fingerprint density at radius 2 is 1.94 bits per heavy atom. The molecule has 4 bridgehead atoms. The van der Waals surface area contributed by atoms with Gasteiger partial charge >= 0.3 is 6.61 Å². The molecule has 9 heteroatoms. The van der Waals surface area contributed by atoms with Crippen LogP contribution in [0, 0.1) is 34.5 Å². The summed E-state index contributed by atoms with van der Waals surface area (Å²) < 4.78 is 29.9. The largest absolute Gasteiger partial charge is 0.434 e. The van der Waals surface area contributed by atoms with E-state index in [1.54, 1.807) is 18.2 Å². The zero-order chi connectivity index (χ0) is 23.0. The number of nitrogens with one attached hydrogen (secondary N) is 2. The number of anilines is 2. The number of nitrogens with zero attached hydrogens (tertiary/aromatic N) is 3. The SMILES string of the molecule is N#Cc1cnc(NCc2ccccc2OC(F)F)nc1NCC12CC3C[C@H](C1)C(N)[C@@H](C3)C2. The van der Waals surface area contributed by atoms with Crippen LogP contribution in [0.25, 0.3) is 0 Å². The Morgan fingerprint density at radius 1 is 1.18 bits per heavy atom. The third kappa shape index (κ3) is 4.44. The van der Waals surface area contributed by atoms with Crippen LogP contribution in [0.3, 0.4) is 0 Å². The summed E-state index contributed by atoms with van der Waals surface area (Å²) in [5, 5.41) is 16.0. The number of para-hydroxylation sites is 1. The average molecular weight is 455 g/mol. The molecule has 1 heterocycles. The Labute approximate surface area is 191 Å². The number of benzene rings is 1. The summed E-state index contributed by atoms with van der Waals surface area (Å²) in [7, 11) is 0. The first-order valence-electron chi connectivity index (χ1n) is 11.5. The molecule has 1 aromatic heterocycles. The van der Waals surface area contributed by atoms with Gasteiger partial charge in [-0.15, -0.1) is 0 Å². The van der Waals surface area contributed by atoms with Crippen LogP contribution < -0.4 is 21.1 Å². The van der Waals surface area contributed by atoms with Gasteiger partial charge in [0.25, 0.3) is 0 Å². The van der Waals surface area contributed by atoms with Crippen LogP contribution in [-0.4, -0.2) is 29.2 Å². The molecule has 0 aliphatic heterocycles. The molecule has 2 aromatic rings. The second kappa shape index (κ2) is 8.75. The zero-order valence-electron chi connectivity index (χ0n) is 18.3. The molecule has 7 nitrogen and oxygen atoms in total. The Morgan fingerprint density at radius 3 is 2.67 bits per heavy atom. The lowest BCUT2D eigenvalue weighted by molar-refractivity contribution is -0.0591. The fourth-order valence-electron chi connectivity index (χ4n) is 6.44. The molecule has 3 unspecified atom stereocenters. The predicted molar refractivity (Wildman–Crippen MR) is 120 cm³/mol. The smallest absolute Gasteiger partial charge is 0.387 e. The van der Waals surface area contributed by atoms with Gasteiger partial charge in [0.05, 0.1) is 6.20 Å². The number of alkyl halides is 2. The number of ether oxygens (including phenoxy) is 1. The highest BCUT2D eigenvalue weighted by Gasteiger charge is 2.54. The fourth-order valence-corrected chi connectivity index (χ4v) is 6.44. The van der Waals surface area contributed by atoms with Crippen molar-refractivity contribution in [1.82, 2.24) is 9.97 Å². The molecule has 6 rings (SSSR count). The Bertz CT molecular complexity index is 1040. The van der Waals surface area contributed by atoms with E-state index in [-0.39, 0.29) is 17.7 Å². The van der Waals surface area contributed by atoms with Crippen LogP contribution >= 0.6 is 0 Å². The molecular weight excluding hydrogens is 426 g/mol. The number of hydrogen-bond acceptors (Lipinski definition) is 7. The quantitative estimate of drug-likeness (QED) is 0.550. The Hall–Kier alpha value is -2.99. The number of halogens is 2. The maximum Gasteiger partial charge on any atom is 0.387 e. The minimum absolute atomic E-state index is 0.104. The molecule has 4 N–H and O–H groups in total. The molecule has 174 valence electrons. The summed E-state index contributed by atoms with van der Waals surface area (Å²) in [6.45, 7) is -1.92. The molecule has 0 radical (unpaired) electrons. The van der Waals surface area contributed by atoms with Crippen LogP contribution in [0.4, 0.5) is 20.5 Å². The van der Waals surface area contributed by atoms with Crippen LogP contribution in [0.5, 0.6) is 5.75 Å². The summed E-state index contributed by atoms with van der Waals surface area (Å²) in [5.74, 6) is 2.88. The van der Waals surface area contributed by atoms with Gasteiger partial charge in [0.1, 0.15) is 23.2 Å². The number of aromatic nitrogens is 2. The van der Waals surface area contributed by atoms with Crippen molar-refractivity contribution in [1.29, 1.82) is 5.26 Å². The Kier molecular flexibility index (Phi) is 5.79. The first kappa shape index (κ1) is 21.8. The minimum atomic E-state index is -2.90. The third-order valence-electron chi connectivity index (χ3n) is 7.64. The van der Waals surface area contributed by atoms with E-state index in [9.17, 15) is 14.0 Å². The van der Waals surface area contributed by atoms with Crippen molar-refractivity contribution < 1.29 is 13.5 Å². The summed E-state index contributed by atoms with van der Waals surface area (Å²) in [6.07, 6.45) is 7.45. The molecule has 0 saturated heterocycles. The topological polar surface area (TPSA) is 109 Å². The van der Waals surface area contributed by atoms with Gasteiger partial charge in [-0.2, -0.15) is 19.0 Å². The first-order chi connectivity index (χ1) is 15.9. The van der Waals surface area contributed by atoms with Crippen molar-refractivity contribution in [3.05, 3.63) is 41.6 Å². The van der Waals surface area contributed by atoms with Crippen LogP contribution in [0.1, 0.15) is 43.2 Å². The first-order valence-corrected chi connectivity index (χ1v) is 11.5. The average Bonchev–Trinajstić information content (AvgIpc) is 2.80. The number of rotatable bonds is 8. The van der Waals surface area contributed by atoms with Crippen molar-refractivity contribution in [2.75, 3.05) is 17.2 Å². The molecule has 4 fully saturated rings. The van der Waals surface area contributed by atoms with Crippen molar-refractivity contribution >= 4 is 11.8 Å². The van der Waals surface area contributed by atoms with Gasteiger partial charge in [-0.3, -0.25) is 0 Å². The van der Waals surface area contributed by atoms with Crippen molar-refractivity contribution in [3.63, 3.8) is 0 Å². The van der Waals surface area contributed by atoms with E-state index in [1.165, 1.54) is 31.5 Å². The fraction of sp³-hybridized carbons (Fsp3) is 0.542. The van der Waals surface area contributed by atoms with Gasteiger partial charge in [0, 0.05) is 24.7 Å². The molecule has 4 saturated carbocycles. The predicted octanol–water partition coefficient (Wildman–Crippen LogP) is 4.13. The van der Waals surface area contributed by atoms with E-state index in [1.807, 2.05) is 0 Å². The normalized spacial score (nSPS) is 29.7. The summed E-state index contributed by atoms with van der Waals surface area (Å²) >= 11 is 0. The zero-order valence-corrected chi connectivity index (χ0v) is 18.3. The van der Waals surface area contributed by atoms with E-state index in [0.717, 1.165) is 25.3 Å². The number of nitrogens with two attached hydrogens (primary N) is 1. The van der Waals surface area contributed by atoms with Gasteiger partial charge in [-0.1, -0.05) is 18.2 Å². The van der Waals surface area contributed by atoms with E-state index in [4.69, 9.17) is 5.73 Å². The molecule has 0 amide bonds. The standard InChI is InChI=1S/C24H28F2N6O/c25-22(26)33-19-4-2-1-3-15(19)11-29-23-30-12-18(10-27)21(32-23)31-13-24-7-14-5-16(8-24)20(28)17(6-14)9-24/h1-4,12,14,16-17,20,22H,5-9,11,13,28H2,(H2,29,30,31,32)/t14?,16-,17+,20?,24?. The molecule has 1 aromatic carbocycles. The summed E-state index contributed by atoms with van der Waals surface area (Å²) in [4.78, 5) is 8.72. The Balaban J connectivity index is 1.27. The van der Waals surface area contributed by atoms with Crippen LogP contribution in [0.2, 0.25) is 0 Å². The van der Waals surface area contributed by atoms with Crippen molar-refractivity contribution in [3.8, 4) is 11.8 Å². The highest BCUT2D eigenvalue weighted by molar-refractivity contribution is 5.53. The highest BCUT2D eigenvalue weighted by atomic mass is 19.3. The third-order valence-corrected chi connectivity index (χ3v) is 7.64. The van der Waals surface area contributed by atoms with Crippen LogP contribution in [0.15, 0.2) is 30.5 Å². The molecule has 4 aliphatic rings. The minimum Gasteiger partial charge on any atom is -0.434 e. The molecular formula is C24H28F2N6O. The second-order valence-corrected chi connectivity index (χ2v) is 9.81. The van der Waals surface area contributed by atoms with Crippen LogP contribution in [-0.2, 0) is 6.54 Å².